The molecule has 1 saturated heterocycles. The number of methoxy groups -OCH3 is 1. The summed E-state index contributed by atoms with van der Waals surface area (Å²) in [5.74, 6) is -0.143. The highest BCUT2D eigenvalue weighted by atomic mass is 19.4. The normalized spacial score (nSPS) is 18.7. The Balaban J connectivity index is 2.04. The van der Waals surface area contributed by atoms with E-state index < -0.39 is 11.7 Å². The first-order valence-electron chi connectivity index (χ1n) is 7.97. The van der Waals surface area contributed by atoms with Gasteiger partial charge in [0.15, 0.2) is 0 Å². The third-order valence-corrected chi connectivity index (χ3v) is 4.10. The number of halogens is 3. The number of rotatable bonds is 6. The smallest absolute Gasteiger partial charge is 0.382 e. The van der Waals surface area contributed by atoms with Gasteiger partial charge in [-0.1, -0.05) is 12.1 Å². The second-order valence-electron chi connectivity index (χ2n) is 5.76. The zero-order chi connectivity index (χ0) is 17.6. The fraction of sp³-hybridized carbons (Fsp3) is 0.588. The van der Waals surface area contributed by atoms with Gasteiger partial charge in [0, 0.05) is 13.7 Å². The summed E-state index contributed by atoms with van der Waals surface area (Å²) in [6.07, 6.45) is -1.77. The van der Waals surface area contributed by atoms with Gasteiger partial charge in [0.1, 0.15) is 6.61 Å². The van der Waals surface area contributed by atoms with Crippen LogP contribution in [0.15, 0.2) is 24.3 Å². The van der Waals surface area contributed by atoms with E-state index in [0.29, 0.717) is 19.8 Å². The maximum Gasteiger partial charge on any atom is 0.416 e. The number of likely N-dealkylation sites (tertiary alicyclic amines) is 1. The number of ether oxygens (including phenoxy) is 2. The summed E-state index contributed by atoms with van der Waals surface area (Å²) in [5.41, 5.74) is 0.0516. The molecule has 1 atom stereocenters. The number of carbonyl (C=O) groups excluding carboxylic acids is 1. The molecule has 0 spiro atoms. The van der Waals surface area contributed by atoms with Gasteiger partial charge in [0.05, 0.1) is 24.8 Å². The van der Waals surface area contributed by atoms with E-state index in [4.69, 9.17) is 9.47 Å². The zero-order valence-corrected chi connectivity index (χ0v) is 13.6. The molecule has 0 aromatic heterocycles. The predicted octanol–water partition coefficient (Wildman–Crippen LogP) is 3.42. The van der Waals surface area contributed by atoms with Crippen LogP contribution in [-0.4, -0.2) is 44.3 Å². The summed E-state index contributed by atoms with van der Waals surface area (Å²) in [6.45, 7) is 1.30. The monoisotopic (exact) mass is 345 g/mol. The van der Waals surface area contributed by atoms with Crippen LogP contribution < -0.4 is 0 Å². The van der Waals surface area contributed by atoms with E-state index in [9.17, 15) is 18.0 Å². The second-order valence-corrected chi connectivity index (χ2v) is 5.76. The Morgan fingerprint density at radius 2 is 1.92 bits per heavy atom. The minimum atomic E-state index is -4.35. The lowest BCUT2D eigenvalue weighted by Gasteiger charge is -2.36. The van der Waals surface area contributed by atoms with Crippen molar-refractivity contribution >= 4 is 5.91 Å². The number of carbonyl (C=O) groups is 1. The van der Waals surface area contributed by atoms with Crippen molar-refractivity contribution in [3.63, 3.8) is 0 Å². The molecule has 0 saturated carbocycles. The largest absolute Gasteiger partial charge is 0.416 e. The molecule has 0 N–H and O–H groups in total. The molecule has 0 radical (unpaired) electrons. The van der Waals surface area contributed by atoms with Crippen LogP contribution in [-0.2, 0) is 20.4 Å². The first-order valence-corrected chi connectivity index (χ1v) is 7.97. The molecule has 0 bridgehead atoms. The molecule has 24 heavy (non-hydrogen) atoms. The van der Waals surface area contributed by atoms with Crippen LogP contribution in [0.3, 0.4) is 0 Å². The average Bonchev–Trinajstić information content (AvgIpc) is 2.58. The van der Waals surface area contributed by atoms with Crippen LogP contribution in [0.5, 0.6) is 0 Å². The lowest BCUT2D eigenvalue weighted by Crippen LogP contribution is -2.40. The topological polar surface area (TPSA) is 38.8 Å². The lowest BCUT2D eigenvalue weighted by molar-refractivity contribution is -0.141. The molecule has 7 heteroatoms. The molecule has 0 aliphatic carbocycles. The number of alkyl halides is 3. The van der Waals surface area contributed by atoms with Gasteiger partial charge >= 0.3 is 6.18 Å². The Labute approximate surface area is 139 Å². The van der Waals surface area contributed by atoms with Crippen molar-refractivity contribution in [1.82, 2.24) is 4.90 Å². The Hall–Kier alpha value is -1.60. The molecular weight excluding hydrogens is 323 g/mol. The van der Waals surface area contributed by atoms with E-state index in [1.165, 1.54) is 12.1 Å². The predicted molar refractivity (Wildman–Crippen MR) is 82.4 cm³/mol. The molecule has 1 amide bonds. The second kappa shape index (κ2) is 8.48. The van der Waals surface area contributed by atoms with Crippen LogP contribution in [0.2, 0.25) is 0 Å². The Morgan fingerprint density at radius 1 is 1.21 bits per heavy atom. The van der Waals surface area contributed by atoms with E-state index >= 15 is 0 Å². The SMILES string of the molecule is COCCOCC(=O)N1CCCCC1c1ccc(C(F)(F)F)cc1. The minimum Gasteiger partial charge on any atom is -0.382 e. The van der Waals surface area contributed by atoms with Gasteiger partial charge in [-0.2, -0.15) is 13.2 Å². The van der Waals surface area contributed by atoms with Crippen LogP contribution in [0.25, 0.3) is 0 Å². The number of benzene rings is 1. The van der Waals surface area contributed by atoms with E-state index in [1.807, 2.05) is 0 Å². The Kier molecular flexibility index (Phi) is 6.62. The molecule has 4 nitrogen and oxygen atoms in total. The van der Waals surface area contributed by atoms with E-state index in [2.05, 4.69) is 0 Å². The zero-order valence-electron chi connectivity index (χ0n) is 13.6. The highest BCUT2D eigenvalue weighted by molar-refractivity contribution is 5.78. The van der Waals surface area contributed by atoms with Crippen molar-refractivity contribution in [3.05, 3.63) is 35.4 Å². The van der Waals surface area contributed by atoms with Crippen LogP contribution in [0.1, 0.15) is 36.4 Å². The fourth-order valence-corrected chi connectivity index (χ4v) is 2.86. The van der Waals surface area contributed by atoms with Crippen molar-refractivity contribution < 1.29 is 27.4 Å². The molecule has 1 aliphatic heterocycles. The van der Waals surface area contributed by atoms with Crippen molar-refractivity contribution in [2.45, 2.75) is 31.5 Å². The van der Waals surface area contributed by atoms with Gasteiger partial charge in [0.2, 0.25) is 5.91 Å². The van der Waals surface area contributed by atoms with Gasteiger partial charge in [-0.05, 0) is 37.0 Å². The summed E-state index contributed by atoms with van der Waals surface area (Å²) < 4.78 is 48.2. The molecule has 2 rings (SSSR count). The van der Waals surface area contributed by atoms with Crippen LogP contribution in [0, 0.1) is 0 Å². The molecule has 1 aromatic carbocycles. The summed E-state index contributed by atoms with van der Waals surface area (Å²) in [4.78, 5) is 14.1. The van der Waals surface area contributed by atoms with Gasteiger partial charge in [-0.15, -0.1) is 0 Å². The fourth-order valence-electron chi connectivity index (χ4n) is 2.86. The minimum absolute atomic E-state index is 0.0412. The summed E-state index contributed by atoms with van der Waals surface area (Å²) in [6, 6.07) is 4.87. The van der Waals surface area contributed by atoms with Gasteiger partial charge in [-0.25, -0.2) is 0 Å². The van der Waals surface area contributed by atoms with Gasteiger partial charge in [0.25, 0.3) is 0 Å². The standard InChI is InChI=1S/C17H22F3NO3/c1-23-10-11-24-12-16(22)21-9-3-2-4-15(21)13-5-7-14(8-6-13)17(18,19)20/h5-8,15H,2-4,9-12H2,1H3. The molecule has 1 aliphatic rings. The summed E-state index contributed by atoms with van der Waals surface area (Å²) in [5, 5.41) is 0. The average molecular weight is 345 g/mol. The van der Waals surface area contributed by atoms with Crippen molar-refractivity contribution in [2.75, 3.05) is 33.5 Å². The number of piperidine rings is 1. The molecule has 1 heterocycles. The van der Waals surface area contributed by atoms with Crippen molar-refractivity contribution in [2.24, 2.45) is 0 Å². The Bertz CT molecular complexity index is 531. The van der Waals surface area contributed by atoms with E-state index in [-0.39, 0.29) is 18.6 Å². The number of amides is 1. The summed E-state index contributed by atoms with van der Waals surface area (Å²) >= 11 is 0. The third kappa shape index (κ3) is 4.95. The van der Waals surface area contributed by atoms with Gasteiger partial charge in [-0.3, -0.25) is 4.79 Å². The molecule has 134 valence electrons. The Morgan fingerprint density at radius 3 is 2.54 bits per heavy atom. The molecule has 1 aromatic rings. The van der Waals surface area contributed by atoms with Gasteiger partial charge < -0.3 is 14.4 Å². The number of nitrogens with zero attached hydrogens (tertiary/aromatic N) is 1. The highest BCUT2D eigenvalue weighted by Crippen LogP contribution is 2.34. The number of hydrogen-bond donors (Lipinski definition) is 0. The first kappa shape index (κ1) is 18.7. The van der Waals surface area contributed by atoms with E-state index in [1.54, 1.807) is 12.0 Å². The van der Waals surface area contributed by atoms with Crippen molar-refractivity contribution in [3.8, 4) is 0 Å². The maximum atomic E-state index is 12.7. The first-order chi connectivity index (χ1) is 11.4. The molecular formula is C17H22F3NO3. The molecule has 1 unspecified atom stereocenters. The quantitative estimate of drug-likeness (QED) is 0.742. The van der Waals surface area contributed by atoms with Crippen LogP contribution in [0.4, 0.5) is 13.2 Å². The third-order valence-electron chi connectivity index (χ3n) is 4.10. The molecule has 1 fully saturated rings. The highest BCUT2D eigenvalue weighted by Gasteiger charge is 2.32. The lowest BCUT2D eigenvalue weighted by atomic mass is 9.94. The maximum absolute atomic E-state index is 12.7. The van der Waals surface area contributed by atoms with Crippen molar-refractivity contribution in [1.29, 1.82) is 0 Å². The number of hydrogen-bond acceptors (Lipinski definition) is 3. The van der Waals surface area contributed by atoms with E-state index in [0.717, 1.165) is 37.0 Å². The summed E-state index contributed by atoms with van der Waals surface area (Å²) in [7, 11) is 1.55. The van der Waals surface area contributed by atoms with Crippen LogP contribution >= 0.6 is 0 Å².